The molecule has 1 N–H and O–H groups in total. The summed E-state index contributed by atoms with van der Waals surface area (Å²) in [7, 11) is 0. The van der Waals surface area contributed by atoms with Crippen LogP contribution in [0.2, 0.25) is 0 Å². The number of hydrogen-bond donors (Lipinski definition) is 1. The molecule has 0 saturated carbocycles. The van der Waals surface area contributed by atoms with E-state index in [1.165, 1.54) is 0 Å². The summed E-state index contributed by atoms with van der Waals surface area (Å²) in [6.07, 6.45) is 2.28. The highest BCUT2D eigenvalue weighted by molar-refractivity contribution is 5.13. The van der Waals surface area contributed by atoms with E-state index in [1.807, 2.05) is 6.92 Å². The first-order valence-corrected chi connectivity index (χ1v) is 4.94. The van der Waals surface area contributed by atoms with Crippen molar-refractivity contribution in [3.05, 3.63) is 12.2 Å². The van der Waals surface area contributed by atoms with Gasteiger partial charge in [0.25, 0.3) is 0 Å². The van der Waals surface area contributed by atoms with E-state index < -0.39 is 5.60 Å². The molecule has 0 bridgehead atoms. The summed E-state index contributed by atoms with van der Waals surface area (Å²) in [5.74, 6) is 0. The summed E-state index contributed by atoms with van der Waals surface area (Å²) in [6, 6.07) is 0. The molecule has 0 amide bonds. The zero-order valence-electron chi connectivity index (χ0n) is 8.89. The summed E-state index contributed by atoms with van der Waals surface area (Å²) in [4.78, 5) is 0. The number of aliphatic hydroxyl groups is 1. The number of ether oxygens (including phenoxy) is 1. The van der Waals surface area contributed by atoms with Crippen LogP contribution in [0.25, 0.3) is 0 Å². The molecule has 0 aromatic carbocycles. The van der Waals surface area contributed by atoms with Crippen molar-refractivity contribution in [2.24, 2.45) is 0 Å². The van der Waals surface area contributed by atoms with E-state index in [4.69, 9.17) is 4.74 Å². The Balaban J connectivity index is 2.76. The predicted molar refractivity (Wildman–Crippen MR) is 53.6 cm³/mol. The van der Waals surface area contributed by atoms with Gasteiger partial charge in [0.05, 0.1) is 17.8 Å². The summed E-state index contributed by atoms with van der Waals surface area (Å²) in [5.41, 5.74) is -0.0231. The van der Waals surface area contributed by atoms with Crippen LogP contribution in [0.1, 0.15) is 40.0 Å². The summed E-state index contributed by atoms with van der Waals surface area (Å²) >= 11 is 0. The van der Waals surface area contributed by atoms with Crippen molar-refractivity contribution in [3.8, 4) is 0 Å². The smallest absolute Gasteiger partial charge is 0.0900 e. The van der Waals surface area contributed by atoms with E-state index >= 15 is 0 Å². The van der Waals surface area contributed by atoms with Gasteiger partial charge in [-0.2, -0.15) is 0 Å². The Morgan fingerprint density at radius 1 is 1.62 bits per heavy atom. The fraction of sp³-hybridized carbons (Fsp3) is 0.818. The molecule has 1 aliphatic heterocycles. The zero-order chi connectivity index (χ0) is 10.1. The molecule has 1 saturated heterocycles. The van der Waals surface area contributed by atoms with Crippen molar-refractivity contribution in [2.75, 3.05) is 6.61 Å². The molecule has 1 rings (SSSR count). The van der Waals surface area contributed by atoms with Gasteiger partial charge < -0.3 is 9.84 Å². The average molecular weight is 184 g/mol. The van der Waals surface area contributed by atoms with Gasteiger partial charge in [-0.25, -0.2) is 0 Å². The van der Waals surface area contributed by atoms with Crippen LogP contribution in [0.5, 0.6) is 0 Å². The van der Waals surface area contributed by atoms with E-state index in [0.717, 1.165) is 12.0 Å². The lowest BCUT2D eigenvalue weighted by molar-refractivity contribution is -0.139. The highest BCUT2D eigenvalue weighted by Gasteiger charge is 2.41. The van der Waals surface area contributed by atoms with Crippen LogP contribution in [0.4, 0.5) is 0 Å². The Hall–Kier alpha value is -0.340. The number of rotatable bonds is 2. The highest BCUT2D eigenvalue weighted by Crippen LogP contribution is 2.37. The topological polar surface area (TPSA) is 29.5 Å². The first-order chi connectivity index (χ1) is 5.92. The van der Waals surface area contributed by atoms with Crippen LogP contribution < -0.4 is 0 Å². The molecule has 0 spiro atoms. The molecule has 13 heavy (non-hydrogen) atoms. The third kappa shape index (κ3) is 2.12. The molecule has 2 unspecified atom stereocenters. The second-order valence-electron chi connectivity index (χ2n) is 4.39. The van der Waals surface area contributed by atoms with Crippen LogP contribution in [0.3, 0.4) is 0 Å². The summed E-state index contributed by atoms with van der Waals surface area (Å²) < 4.78 is 5.66. The second kappa shape index (κ2) is 3.43. The van der Waals surface area contributed by atoms with Crippen molar-refractivity contribution >= 4 is 0 Å². The largest absolute Gasteiger partial charge is 0.385 e. The Bertz CT molecular complexity index is 212. The van der Waals surface area contributed by atoms with Gasteiger partial charge in [-0.05, 0) is 25.8 Å². The van der Waals surface area contributed by atoms with Gasteiger partial charge >= 0.3 is 0 Å². The molecular weight excluding hydrogens is 164 g/mol. The third-order valence-electron chi connectivity index (χ3n) is 3.17. The lowest BCUT2D eigenvalue weighted by Gasteiger charge is -2.43. The predicted octanol–water partition coefficient (Wildman–Crippen LogP) is 2.27. The van der Waals surface area contributed by atoms with Gasteiger partial charge in [0.2, 0.25) is 0 Å². The molecule has 1 fully saturated rings. The van der Waals surface area contributed by atoms with Gasteiger partial charge in [0, 0.05) is 12.8 Å². The first-order valence-electron chi connectivity index (χ1n) is 4.94. The lowest BCUT2D eigenvalue weighted by atomic mass is 9.78. The molecule has 2 atom stereocenters. The molecule has 76 valence electrons. The zero-order valence-corrected chi connectivity index (χ0v) is 8.89. The van der Waals surface area contributed by atoms with Gasteiger partial charge in [-0.3, -0.25) is 0 Å². The van der Waals surface area contributed by atoms with Gasteiger partial charge in [-0.1, -0.05) is 13.5 Å². The Kier molecular flexibility index (Phi) is 2.83. The van der Waals surface area contributed by atoms with E-state index in [2.05, 4.69) is 20.4 Å². The summed E-state index contributed by atoms with van der Waals surface area (Å²) in [6.45, 7) is 10.5. The van der Waals surface area contributed by atoms with E-state index in [0.29, 0.717) is 19.4 Å². The fourth-order valence-electron chi connectivity index (χ4n) is 1.82. The quantitative estimate of drug-likeness (QED) is 0.667. The Morgan fingerprint density at radius 3 is 2.69 bits per heavy atom. The molecular formula is C11H20O2. The molecule has 0 aromatic heterocycles. The van der Waals surface area contributed by atoms with Crippen LogP contribution in [0.15, 0.2) is 12.2 Å². The maximum atomic E-state index is 10.2. The highest BCUT2D eigenvalue weighted by atomic mass is 16.5. The average Bonchev–Trinajstić information content (AvgIpc) is 2.04. The van der Waals surface area contributed by atoms with Crippen molar-refractivity contribution < 1.29 is 9.84 Å². The van der Waals surface area contributed by atoms with Gasteiger partial charge in [-0.15, -0.1) is 0 Å². The third-order valence-corrected chi connectivity index (χ3v) is 3.17. The minimum Gasteiger partial charge on any atom is -0.385 e. The van der Waals surface area contributed by atoms with Crippen LogP contribution in [-0.4, -0.2) is 22.9 Å². The van der Waals surface area contributed by atoms with Crippen LogP contribution in [-0.2, 0) is 4.74 Å². The van der Waals surface area contributed by atoms with E-state index in [9.17, 15) is 5.11 Å². The SMILES string of the molecule is C=C(C)C1(O)CCOC(C)(CC)C1. The number of hydrogen-bond acceptors (Lipinski definition) is 2. The normalized spacial score (nSPS) is 40.3. The van der Waals surface area contributed by atoms with E-state index in [1.54, 1.807) is 0 Å². The molecule has 2 heteroatoms. The standard InChI is InChI=1S/C11H20O2/c1-5-10(4)8-11(12,9(2)3)6-7-13-10/h12H,2,5-8H2,1,3-4H3. The Morgan fingerprint density at radius 2 is 2.23 bits per heavy atom. The van der Waals surface area contributed by atoms with Crippen LogP contribution in [0, 0.1) is 0 Å². The first kappa shape index (κ1) is 10.7. The second-order valence-corrected chi connectivity index (χ2v) is 4.39. The van der Waals surface area contributed by atoms with Crippen molar-refractivity contribution in [3.63, 3.8) is 0 Å². The maximum absolute atomic E-state index is 10.2. The summed E-state index contributed by atoms with van der Waals surface area (Å²) in [5, 5.41) is 10.2. The Labute approximate surface area is 80.6 Å². The molecule has 0 aromatic rings. The van der Waals surface area contributed by atoms with Crippen LogP contribution >= 0.6 is 0 Å². The molecule has 2 nitrogen and oxygen atoms in total. The van der Waals surface area contributed by atoms with E-state index in [-0.39, 0.29) is 5.60 Å². The van der Waals surface area contributed by atoms with Gasteiger partial charge in [0.1, 0.15) is 0 Å². The lowest BCUT2D eigenvalue weighted by Crippen LogP contribution is -2.47. The molecule has 1 aliphatic rings. The van der Waals surface area contributed by atoms with Crippen molar-refractivity contribution in [1.82, 2.24) is 0 Å². The molecule has 0 radical (unpaired) electrons. The van der Waals surface area contributed by atoms with Gasteiger partial charge in [0.15, 0.2) is 0 Å². The fourth-order valence-corrected chi connectivity index (χ4v) is 1.82. The minimum absolute atomic E-state index is 0.175. The molecule has 1 heterocycles. The van der Waals surface area contributed by atoms with Crippen molar-refractivity contribution in [2.45, 2.75) is 51.2 Å². The molecule has 0 aliphatic carbocycles. The monoisotopic (exact) mass is 184 g/mol. The minimum atomic E-state index is -0.705. The van der Waals surface area contributed by atoms with Crippen molar-refractivity contribution in [1.29, 1.82) is 0 Å². The maximum Gasteiger partial charge on any atom is 0.0900 e.